The van der Waals surface area contributed by atoms with E-state index in [1.165, 1.54) is 0 Å². The summed E-state index contributed by atoms with van der Waals surface area (Å²) in [6.45, 7) is 3.50. The van der Waals surface area contributed by atoms with Gasteiger partial charge in [-0.25, -0.2) is 0 Å². The Morgan fingerprint density at radius 2 is 1.82 bits per heavy atom. The number of hydrogen-bond acceptors (Lipinski definition) is 5. The number of rotatable bonds is 8. The Balaban J connectivity index is 1.37. The summed E-state index contributed by atoms with van der Waals surface area (Å²) in [7, 11) is 0. The molecule has 28 heavy (non-hydrogen) atoms. The summed E-state index contributed by atoms with van der Waals surface area (Å²) in [5.41, 5.74) is 0.571. The van der Waals surface area contributed by atoms with Gasteiger partial charge in [0.1, 0.15) is 18.1 Å². The number of carbonyl (C=O) groups excluding carboxylic acids is 1. The van der Waals surface area contributed by atoms with Gasteiger partial charge in [-0.1, -0.05) is 25.2 Å². The third-order valence-corrected chi connectivity index (χ3v) is 4.00. The highest BCUT2D eigenvalue weighted by Crippen LogP contribution is 2.34. The minimum Gasteiger partial charge on any atom is -0.494 e. The van der Waals surface area contributed by atoms with Gasteiger partial charge >= 0.3 is 0 Å². The van der Waals surface area contributed by atoms with Crippen LogP contribution in [0.1, 0.15) is 30.1 Å². The van der Waals surface area contributed by atoms with E-state index in [9.17, 15) is 4.79 Å². The summed E-state index contributed by atoms with van der Waals surface area (Å²) in [4.78, 5) is 12.1. The molecule has 1 N–H and O–H groups in total. The summed E-state index contributed by atoms with van der Waals surface area (Å²) in [6, 6.07) is 12.4. The lowest BCUT2D eigenvalue weighted by Gasteiger charge is -2.06. The fourth-order valence-corrected chi connectivity index (χ4v) is 2.46. The van der Waals surface area contributed by atoms with Crippen molar-refractivity contribution >= 4 is 5.91 Å². The zero-order valence-corrected chi connectivity index (χ0v) is 15.8. The van der Waals surface area contributed by atoms with Crippen LogP contribution in [-0.4, -0.2) is 32.5 Å². The smallest absolute Gasteiger partial charge is 0.252 e. The Morgan fingerprint density at radius 1 is 1.04 bits per heavy atom. The standard InChI is InChI=1S/C22H23NO5/c1-2-3-13-25-18-8-6-17(7-9-18)22(24)23-12-4-5-14-26-19-10-11-20-21(15-19)28-16-27-20/h6-11,15H,2-3,12-14,16H2,1H3,(H,23,24). The fraction of sp³-hybridized carbons (Fsp3) is 0.318. The van der Waals surface area contributed by atoms with Gasteiger partial charge in [0.15, 0.2) is 11.5 Å². The van der Waals surface area contributed by atoms with Gasteiger partial charge in [-0.05, 0) is 42.8 Å². The lowest BCUT2D eigenvalue weighted by Crippen LogP contribution is -2.23. The minimum atomic E-state index is -0.175. The molecular weight excluding hydrogens is 358 g/mol. The van der Waals surface area contributed by atoms with Gasteiger partial charge in [0.25, 0.3) is 5.91 Å². The first-order valence-corrected chi connectivity index (χ1v) is 9.25. The molecule has 0 bridgehead atoms. The number of hydrogen-bond donors (Lipinski definition) is 1. The van der Waals surface area contributed by atoms with Crippen LogP contribution < -0.4 is 24.3 Å². The zero-order valence-electron chi connectivity index (χ0n) is 15.8. The first-order valence-electron chi connectivity index (χ1n) is 9.25. The monoisotopic (exact) mass is 381 g/mol. The molecule has 0 unspecified atom stereocenters. The predicted molar refractivity (Wildman–Crippen MR) is 105 cm³/mol. The van der Waals surface area contributed by atoms with Crippen LogP contribution in [0.3, 0.4) is 0 Å². The van der Waals surface area contributed by atoms with Crippen molar-refractivity contribution in [2.45, 2.75) is 19.8 Å². The number of fused-ring (bicyclic) bond motifs is 1. The van der Waals surface area contributed by atoms with Crippen molar-refractivity contribution in [3.05, 3.63) is 48.0 Å². The number of benzene rings is 2. The topological polar surface area (TPSA) is 66.0 Å². The van der Waals surface area contributed by atoms with E-state index in [1.807, 2.05) is 0 Å². The molecular formula is C22H23NO5. The van der Waals surface area contributed by atoms with E-state index in [0.29, 0.717) is 29.4 Å². The highest BCUT2D eigenvalue weighted by atomic mass is 16.7. The summed E-state index contributed by atoms with van der Waals surface area (Å²) in [5, 5.41) is 2.76. The van der Waals surface area contributed by atoms with Crippen LogP contribution in [0.2, 0.25) is 0 Å². The van der Waals surface area contributed by atoms with Crippen molar-refractivity contribution < 1.29 is 23.7 Å². The Bertz CT molecular complexity index is 851. The van der Waals surface area contributed by atoms with Gasteiger partial charge in [0, 0.05) is 11.6 Å². The lowest BCUT2D eigenvalue weighted by molar-refractivity contribution is 0.0958. The number of carbonyl (C=O) groups is 1. The maximum Gasteiger partial charge on any atom is 0.252 e. The Kier molecular flexibility index (Phi) is 7.02. The number of ether oxygens (including phenoxy) is 4. The number of unbranched alkanes of at least 4 members (excludes halogenated alkanes) is 1. The molecule has 2 aromatic carbocycles. The highest BCUT2D eigenvalue weighted by Gasteiger charge is 2.13. The molecule has 0 saturated heterocycles. The Labute approximate surface area is 164 Å². The fourth-order valence-electron chi connectivity index (χ4n) is 2.46. The van der Waals surface area contributed by atoms with Crippen molar-refractivity contribution in [3.63, 3.8) is 0 Å². The summed E-state index contributed by atoms with van der Waals surface area (Å²) < 4.78 is 21.7. The van der Waals surface area contributed by atoms with Crippen molar-refractivity contribution in [2.24, 2.45) is 0 Å². The van der Waals surface area contributed by atoms with E-state index >= 15 is 0 Å². The Hall–Kier alpha value is -3.33. The second-order valence-corrected chi connectivity index (χ2v) is 6.07. The second kappa shape index (κ2) is 10.1. The van der Waals surface area contributed by atoms with Crippen LogP contribution in [0.4, 0.5) is 0 Å². The molecule has 6 nitrogen and oxygen atoms in total. The van der Waals surface area contributed by atoms with Crippen LogP contribution in [-0.2, 0) is 0 Å². The van der Waals surface area contributed by atoms with Gasteiger partial charge in [0.05, 0.1) is 13.2 Å². The third kappa shape index (κ3) is 5.58. The van der Waals surface area contributed by atoms with Crippen LogP contribution >= 0.6 is 0 Å². The normalized spacial score (nSPS) is 11.3. The Morgan fingerprint density at radius 3 is 2.64 bits per heavy atom. The SMILES string of the molecule is CCCCOc1ccc(C(=O)NCC#CCOc2ccc3c(c2)OCO3)cc1. The van der Waals surface area contributed by atoms with Gasteiger partial charge in [-0.2, -0.15) is 0 Å². The predicted octanol–water partition coefficient (Wildman–Crippen LogP) is 3.41. The molecule has 0 saturated carbocycles. The average molecular weight is 381 g/mol. The van der Waals surface area contributed by atoms with Gasteiger partial charge in [-0.3, -0.25) is 4.79 Å². The minimum absolute atomic E-state index is 0.175. The van der Waals surface area contributed by atoms with Crippen molar-refractivity contribution in [1.82, 2.24) is 5.32 Å². The molecule has 1 aliphatic heterocycles. The molecule has 0 aliphatic carbocycles. The van der Waals surface area contributed by atoms with Crippen LogP contribution in [0.25, 0.3) is 0 Å². The summed E-state index contributed by atoms with van der Waals surface area (Å²) in [5.74, 6) is 8.36. The third-order valence-electron chi connectivity index (χ3n) is 4.00. The average Bonchev–Trinajstić information content (AvgIpc) is 3.19. The van der Waals surface area contributed by atoms with E-state index < -0.39 is 0 Å². The maximum atomic E-state index is 12.1. The molecule has 0 radical (unpaired) electrons. The van der Waals surface area contributed by atoms with Gasteiger partial charge in [0.2, 0.25) is 6.79 Å². The molecule has 146 valence electrons. The van der Waals surface area contributed by atoms with Gasteiger partial charge < -0.3 is 24.3 Å². The first-order chi connectivity index (χ1) is 13.8. The number of amides is 1. The molecule has 6 heteroatoms. The largest absolute Gasteiger partial charge is 0.494 e. The van der Waals surface area contributed by atoms with E-state index in [2.05, 4.69) is 24.1 Å². The molecule has 1 heterocycles. The number of nitrogens with one attached hydrogen (secondary N) is 1. The van der Waals surface area contributed by atoms with Crippen LogP contribution in [0.15, 0.2) is 42.5 Å². The zero-order chi connectivity index (χ0) is 19.6. The molecule has 0 spiro atoms. The van der Waals surface area contributed by atoms with Gasteiger partial charge in [-0.15, -0.1) is 0 Å². The van der Waals surface area contributed by atoms with Crippen molar-refractivity contribution in [3.8, 4) is 34.8 Å². The van der Waals surface area contributed by atoms with Crippen molar-refractivity contribution in [1.29, 1.82) is 0 Å². The quantitative estimate of drug-likeness (QED) is 0.561. The lowest BCUT2D eigenvalue weighted by atomic mass is 10.2. The van der Waals surface area contributed by atoms with E-state index in [4.69, 9.17) is 18.9 Å². The van der Waals surface area contributed by atoms with Crippen molar-refractivity contribution in [2.75, 3.05) is 26.6 Å². The molecule has 3 rings (SSSR count). The second-order valence-electron chi connectivity index (χ2n) is 6.07. The van der Waals surface area contributed by atoms with Crippen LogP contribution in [0.5, 0.6) is 23.0 Å². The summed E-state index contributed by atoms with van der Waals surface area (Å²) >= 11 is 0. The van der Waals surface area contributed by atoms with E-state index in [0.717, 1.165) is 18.6 Å². The van der Waals surface area contributed by atoms with E-state index in [-0.39, 0.29) is 25.9 Å². The molecule has 2 aromatic rings. The molecule has 0 aromatic heterocycles. The summed E-state index contributed by atoms with van der Waals surface area (Å²) in [6.07, 6.45) is 2.10. The molecule has 1 aliphatic rings. The highest BCUT2D eigenvalue weighted by molar-refractivity contribution is 5.94. The molecule has 1 amide bonds. The first kappa shape index (κ1) is 19.4. The molecule has 0 atom stereocenters. The van der Waals surface area contributed by atoms with E-state index in [1.54, 1.807) is 42.5 Å². The van der Waals surface area contributed by atoms with Crippen LogP contribution in [0, 0.1) is 11.8 Å². The maximum absolute atomic E-state index is 12.1. The molecule has 0 fully saturated rings.